The van der Waals surface area contributed by atoms with Crippen LogP contribution in [0, 0.1) is 0 Å². The first-order valence-corrected chi connectivity index (χ1v) is 9.68. The fourth-order valence-corrected chi connectivity index (χ4v) is 3.72. The molecule has 2 aromatic carbocycles. The van der Waals surface area contributed by atoms with Gasteiger partial charge in [0.2, 0.25) is 0 Å². The zero-order valence-electron chi connectivity index (χ0n) is 14.1. The quantitative estimate of drug-likeness (QED) is 0.679. The third kappa shape index (κ3) is 5.62. The van der Waals surface area contributed by atoms with Crippen LogP contribution in [0.5, 0.6) is 5.75 Å². The first kappa shape index (κ1) is 17.5. The van der Waals surface area contributed by atoms with Crippen molar-refractivity contribution in [3.05, 3.63) is 64.6 Å². The van der Waals surface area contributed by atoms with E-state index in [1.54, 1.807) is 9.80 Å². The smallest absolute Gasteiger partial charge is 0.127 e. The zero-order chi connectivity index (χ0) is 16.6. The van der Waals surface area contributed by atoms with Crippen molar-refractivity contribution in [2.75, 3.05) is 39.3 Å². The minimum absolute atomic E-state index is 0.806. The summed E-state index contributed by atoms with van der Waals surface area (Å²) in [6.45, 7) is 8.29. The van der Waals surface area contributed by atoms with Gasteiger partial charge in [0.05, 0.1) is 13.2 Å². The minimum atomic E-state index is 0.806. The molecule has 128 valence electrons. The summed E-state index contributed by atoms with van der Waals surface area (Å²) in [4.78, 5) is 3.44. The van der Waals surface area contributed by atoms with Crippen molar-refractivity contribution in [3.8, 4) is 5.75 Å². The fraction of sp³-hybridized carbons (Fsp3) is 0.400. The molecule has 4 heteroatoms. The first-order valence-electron chi connectivity index (χ1n) is 8.89. The van der Waals surface area contributed by atoms with Crippen LogP contribution < -0.4 is 14.5 Å². The van der Waals surface area contributed by atoms with Gasteiger partial charge in [-0.05, 0) is 18.2 Å². The highest BCUT2D eigenvalue weighted by atomic mass is 79.9. The van der Waals surface area contributed by atoms with E-state index in [-0.39, 0.29) is 0 Å². The van der Waals surface area contributed by atoms with E-state index in [0.717, 1.165) is 23.2 Å². The van der Waals surface area contributed by atoms with Crippen LogP contribution in [0.3, 0.4) is 0 Å². The van der Waals surface area contributed by atoms with Crippen molar-refractivity contribution < 1.29 is 14.5 Å². The van der Waals surface area contributed by atoms with Crippen molar-refractivity contribution in [3.63, 3.8) is 0 Å². The molecule has 0 radical (unpaired) electrons. The molecular formula is C20H27BrN2O+2. The van der Waals surface area contributed by atoms with Crippen LogP contribution in [0.25, 0.3) is 0 Å². The van der Waals surface area contributed by atoms with E-state index >= 15 is 0 Å². The third-order valence-electron chi connectivity index (χ3n) is 4.70. The van der Waals surface area contributed by atoms with E-state index in [0.29, 0.717) is 0 Å². The Morgan fingerprint density at radius 3 is 2.38 bits per heavy atom. The van der Waals surface area contributed by atoms with Gasteiger partial charge in [0.15, 0.2) is 0 Å². The Balaban J connectivity index is 1.31. The van der Waals surface area contributed by atoms with Gasteiger partial charge in [0.1, 0.15) is 38.5 Å². The van der Waals surface area contributed by atoms with Crippen LogP contribution in [0.1, 0.15) is 12.0 Å². The number of rotatable bonds is 7. The van der Waals surface area contributed by atoms with Crippen molar-refractivity contribution >= 4 is 15.9 Å². The molecule has 0 saturated carbocycles. The molecule has 0 unspecified atom stereocenters. The van der Waals surface area contributed by atoms with Gasteiger partial charge in [-0.1, -0.05) is 52.3 Å². The van der Waals surface area contributed by atoms with Crippen molar-refractivity contribution in [2.24, 2.45) is 0 Å². The number of hydrogen-bond donors (Lipinski definition) is 2. The van der Waals surface area contributed by atoms with Crippen LogP contribution in [-0.2, 0) is 6.54 Å². The van der Waals surface area contributed by atoms with Crippen LogP contribution in [0.2, 0.25) is 0 Å². The molecule has 0 aromatic heterocycles. The molecule has 0 spiro atoms. The fourth-order valence-electron chi connectivity index (χ4n) is 3.34. The summed E-state index contributed by atoms with van der Waals surface area (Å²) in [5.41, 5.74) is 1.46. The number of hydrogen-bond acceptors (Lipinski definition) is 1. The Hall–Kier alpha value is -1.36. The lowest BCUT2D eigenvalue weighted by atomic mass is 10.2. The summed E-state index contributed by atoms with van der Waals surface area (Å²) in [5, 5.41) is 0. The van der Waals surface area contributed by atoms with Crippen molar-refractivity contribution in [1.29, 1.82) is 0 Å². The predicted molar refractivity (Wildman–Crippen MR) is 101 cm³/mol. The molecule has 3 rings (SSSR count). The molecule has 24 heavy (non-hydrogen) atoms. The van der Waals surface area contributed by atoms with Crippen molar-refractivity contribution in [1.82, 2.24) is 0 Å². The molecule has 1 saturated heterocycles. The second-order valence-electron chi connectivity index (χ2n) is 6.57. The molecule has 1 aliphatic rings. The predicted octanol–water partition coefficient (Wildman–Crippen LogP) is 1.20. The monoisotopic (exact) mass is 390 g/mol. The van der Waals surface area contributed by atoms with Crippen LogP contribution in [0.4, 0.5) is 0 Å². The standard InChI is InChI=1S/C20H25BrN2O/c21-19-8-4-9-20(16-19)24-15-5-10-22-11-13-23(14-12-22)17-18-6-2-1-3-7-18/h1-4,6-9,16H,5,10-15,17H2/p+2. The zero-order valence-corrected chi connectivity index (χ0v) is 15.7. The van der Waals surface area contributed by atoms with Gasteiger partial charge in [-0.15, -0.1) is 0 Å². The Morgan fingerprint density at radius 2 is 1.62 bits per heavy atom. The number of quaternary nitrogens is 2. The number of halogens is 1. The maximum Gasteiger partial charge on any atom is 0.127 e. The van der Waals surface area contributed by atoms with Crippen molar-refractivity contribution in [2.45, 2.75) is 13.0 Å². The largest absolute Gasteiger partial charge is 0.493 e. The lowest BCUT2D eigenvalue weighted by molar-refractivity contribution is -1.02. The normalized spacial score (nSPS) is 20.7. The molecule has 3 nitrogen and oxygen atoms in total. The highest BCUT2D eigenvalue weighted by Gasteiger charge is 2.22. The van der Waals surface area contributed by atoms with E-state index in [1.807, 2.05) is 24.3 Å². The van der Waals surface area contributed by atoms with E-state index in [1.165, 1.54) is 44.8 Å². The molecular weight excluding hydrogens is 364 g/mol. The molecule has 2 N–H and O–H groups in total. The first-order chi connectivity index (χ1) is 11.8. The third-order valence-corrected chi connectivity index (χ3v) is 5.19. The Labute approximate surface area is 153 Å². The number of piperazine rings is 1. The molecule has 1 heterocycles. The van der Waals surface area contributed by atoms with E-state index in [2.05, 4.69) is 46.3 Å². The average molecular weight is 391 g/mol. The summed E-state index contributed by atoms with van der Waals surface area (Å²) in [6, 6.07) is 18.9. The van der Waals surface area contributed by atoms with E-state index in [4.69, 9.17) is 4.74 Å². The highest BCUT2D eigenvalue weighted by Crippen LogP contribution is 2.17. The maximum atomic E-state index is 5.83. The average Bonchev–Trinajstić information content (AvgIpc) is 2.61. The summed E-state index contributed by atoms with van der Waals surface area (Å²) in [7, 11) is 0. The van der Waals surface area contributed by atoms with Gasteiger partial charge in [-0.25, -0.2) is 0 Å². The number of nitrogens with one attached hydrogen (secondary N) is 2. The second kappa shape index (κ2) is 9.21. The molecule has 0 amide bonds. The van der Waals surface area contributed by atoms with Crippen LogP contribution in [-0.4, -0.2) is 39.3 Å². The molecule has 0 bridgehead atoms. The Kier molecular flexibility index (Phi) is 6.70. The molecule has 1 aliphatic heterocycles. The van der Waals surface area contributed by atoms with Gasteiger partial charge in [0.25, 0.3) is 0 Å². The lowest BCUT2D eigenvalue weighted by Crippen LogP contribution is -3.27. The SMILES string of the molecule is Brc1cccc(OCCC[NH+]2CC[NH+](Cc3ccccc3)CC2)c1. The number of ether oxygens (including phenoxy) is 1. The topological polar surface area (TPSA) is 18.1 Å². The summed E-state index contributed by atoms with van der Waals surface area (Å²) >= 11 is 3.48. The highest BCUT2D eigenvalue weighted by molar-refractivity contribution is 9.10. The molecule has 0 aliphatic carbocycles. The van der Waals surface area contributed by atoms with Gasteiger partial charge < -0.3 is 14.5 Å². The summed E-state index contributed by atoms with van der Waals surface area (Å²) in [5.74, 6) is 0.955. The summed E-state index contributed by atoms with van der Waals surface area (Å²) in [6.07, 6.45) is 1.12. The lowest BCUT2D eigenvalue weighted by Gasteiger charge is -2.29. The van der Waals surface area contributed by atoms with Gasteiger partial charge >= 0.3 is 0 Å². The maximum absolute atomic E-state index is 5.83. The van der Waals surface area contributed by atoms with E-state index in [9.17, 15) is 0 Å². The molecule has 2 aromatic rings. The molecule has 0 atom stereocenters. The Morgan fingerprint density at radius 1 is 0.875 bits per heavy atom. The van der Waals surface area contributed by atoms with Gasteiger partial charge in [0, 0.05) is 16.5 Å². The van der Waals surface area contributed by atoms with Gasteiger partial charge in [-0.2, -0.15) is 0 Å². The molecule has 1 fully saturated rings. The Bertz CT molecular complexity index is 612. The minimum Gasteiger partial charge on any atom is -0.493 e. The second-order valence-corrected chi connectivity index (χ2v) is 7.49. The van der Waals surface area contributed by atoms with Gasteiger partial charge in [-0.3, -0.25) is 0 Å². The number of benzene rings is 2. The summed E-state index contributed by atoms with van der Waals surface area (Å²) < 4.78 is 6.90. The van der Waals surface area contributed by atoms with E-state index < -0.39 is 0 Å². The van der Waals surface area contributed by atoms with Crippen LogP contribution in [0.15, 0.2) is 59.1 Å². The van der Waals surface area contributed by atoms with Crippen LogP contribution >= 0.6 is 15.9 Å².